The average Bonchev–Trinajstić information content (AvgIpc) is 2.96. The molecule has 0 amide bonds. The van der Waals surface area contributed by atoms with Gasteiger partial charge in [0.2, 0.25) is 0 Å². The molecular formula is C18H21NO5S2. The summed E-state index contributed by atoms with van der Waals surface area (Å²) in [6.45, 7) is 0.324. The van der Waals surface area contributed by atoms with Gasteiger partial charge in [-0.3, -0.25) is 0 Å². The van der Waals surface area contributed by atoms with Gasteiger partial charge in [-0.05, 0) is 18.2 Å². The molecule has 0 aliphatic carbocycles. The lowest BCUT2D eigenvalue weighted by Gasteiger charge is -2.20. The summed E-state index contributed by atoms with van der Waals surface area (Å²) in [5.74, 6) is 0.107. The molecule has 2 aromatic rings. The van der Waals surface area contributed by atoms with E-state index in [0.29, 0.717) is 12.3 Å². The van der Waals surface area contributed by atoms with Crippen LogP contribution in [0.1, 0.15) is 5.56 Å². The summed E-state index contributed by atoms with van der Waals surface area (Å²) in [6.07, 6.45) is 0. The van der Waals surface area contributed by atoms with Crippen LogP contribution in [0, 0.1) is 0 Å². The Morgan fingerprint density at radius 1 is 1.04 bits per heavy atom. The van der Waals surface area contributed by atoms with Crippen LogP contribution in [0.4, 0.5) is 0 Å². The SMILES string of the molecule is COc1ccccc1CN[C@@H]1CS(=O)(=O)C[C@H]1S(=O)(=O)c1ccccc1. The first-order valence-electron chi connectivity index (χ1n) is 8.18. The smallest absolute Gasteiger partial charge is 0.183 e. The molecule has 0 saturated carbocycles. The van der Waals surface area contributed by atoms with Gasteiger partial charge in [-0.15, -0.1) is 0 Å². The van der Waals surface area contributed by atoms with E-state index in [0.717, 1.165) is 5.56 Å². The second kappa shape index (κ2) is 7.38. The molecule has 1 N–H and O–H groups in total. The van der Waals surface area contributed by atoms with Crippen LogP contribution in [-0.2, 0) is 26.2 Å². The Bertz CT molecular complexity index is 972. The zero-order valence-electron chi connectivity index (χ0n) is 14.3. The molecule has 1 saturated heterocycles. The molecule has 140 valence electrons. The van der Waals surface area contributed by atoms with Crippen molar-refractivity contribution in [2.45, 2.75) is 22.7 Å². The first-order valence-corrected chi connectivity index (χ1v) is 11.5. The third kappa shape index (κ3) is 3.92. The molecule has 1 fully saturated rings. The zero-order valence-corrected chi connectivity index (χ0v) is 16.0. The summed E-state index contributed by atoms with van der Waals surface area (Å²) >= 11 is 0. The van der Waals surface area contributed by atoms with Crippen molar-refractivity contribution in [3.8, 4) is 5.75 Å². The molecule has 0 radical (unpaired) electrons. The molecule has 2 atom stereocenters. The largest absolute Gasteiger partial charge is 0.496 e. The normalized spacial score (nSPS) is 22.2. The fraction of sp³-hybridized carbons (Fsp3) is 0.333. The number of hydrogen-bond acceptors (Lipinski definition) is 6. The topological polar surface area (TPSA) is 89.5 Å². The van der Waals surface area contributed by atoms with Gasteiger partial charge in [-0.1, -0.05) is 36.4 Å². The molecular weight excluding hydrogens is 374 g/mol. The average molecular weight is 396 g/mol. The monoisotopic (exact) mass is 395 g/mol. The first kappa shape index (κ1) is 18.9. The summed E-state index contributed by atoms with van der Waals surface area (Å²) < 4.78 is 55.4. The summed E-state index contributed by atoms with van der Waals surface area (Å²) in [5, 5.41) is 2.11. The highest BCUT2D eigenvalue weighted by Crippen LogP contribution is 2.26. The molecule has 0 bridgehead atoms. The van der Waals surface area contributed by atoms with E-state index in [1.165, 1.54) is 12.1 Å². The number of para-hydroxylation sites is 1. The van der Waals surface area contributed by atoms with Gasteiger partial charge in [0.15, 0.2) is 19.7 Å². The maximum Gasteiger partial charge on any atom is 0.183 e. The zero-order chi connectivity index (χ0) is 18.8. The highest BCUT2D eigenvalue weighted by atomic mass is 32.2. The van der Waals surface area contributed by atoms with Crippen LogP contribution >= 0.6 is 0 Å². The number of rotatable bonds is 6. The predicted molar refractivity (Wildman–Crippen MR) is 99.7 cm³/mol. The fourth-order valence-corrected chi connectivity index (χ4v) is 7.92. The minimum atomic E-state index is -3.75. The molecule has 3 rings (SSSR count). The standard InChI is InChI=1S/C18H21NO5S2/c1-24-17-10-6-5-7-14(17)11-19-16-12-25(20,21)13-18(16)26(22,23)15-8-3-2-4-9-15/h2-10,16,18-19H,11-13H2,1H3/t16-,18-/m1/s1. The third-order valence-corrected chi connectivity index (χ3v) is 8.68. The Morgan fingerprint density at radius 3 is 2.38 bits per heavy atom. The van der Waals surface area contributed by atoms with Crippen LogP contribution in [0.5, 0.6) is 5.75 Å². The van der Waals surface area contributed by atoms with E-state index in [1.54, 1.807) is 31.4 Å². The van der Waals surface area contributed by atoms with Crippen molar-refractivity contribution >= 4 is 19.7 Å². The Kier molecular flexibility index (Phi) is 5.36. The van der Waals surface area contributed by atoms with Crippen LogP contribution in [0.3, 0.4) is 0 Å². The predicted octanol–water partition coefficient (Wildman–Crippen LogP) is 1.42. The van der Waals surface area contributed by atoms with Gasteiger partial charge in [0, 0.05) is 18.2 Å². The van der Waals surface area contributed by atoms with Crippen molar-refractivity contribution < 1.29 is 21.6 Å². The number of benzene rings is 2. The summed E-state index contributed by atoms with van der Waals surface area (Å²) in [7, 11) is -5.62. The second-order valence-electron chi connectivity index (χ2n) is 6.27. The van der Waals surface area contributed by atoms with Gasteiger partial charge in [-0.25, -0.2) is 16.8 Å². The van der Waals surface area contributed by atoms with Crippen LogP contribution in [0.2, 0.25) is 0 Å². The Morgan fingerprint density at radius 2 is 1.69 bits per heavy atom. The molecule has 2 aromatic carbocycles. The van der Waals surface area contributed by atoms with Gasteiger partial charge >= 0.3 is 0 Å². The molecule has 6 nitrogen and oxygen atoms in total. The Labute approximate surface area is 154 Å². The lowest BCUT2D eigenvalue weighted by atomic mass is 10.1. The highest BCUT2D eigenvalue weighted by Gasteiger charge is 2.45. The van der Waals surface area contributed by atoms with E-state index in [1.807, 2.05) is 18.2 Å². The van der Waals surface area contributed by atoms with Crippen molar-refractivity contribution in [2.75, 3.05) is 18.6 Å². The van der Waals surface area contributed by atoms with Crippen molar-refractivity contribution in [3.63, 3.8) is 0 Å². The lowest BCUT2D eigenvalue weighted by molar-refractivity contribution is 0.406. The molecule has 1 heterocycles. The minimum Gasteiger partial charge on any atom is -0.496 e. The number of ether oxygens (including phenoxy) is 1. The molecule has 0 aromatic heterocycles. The van der Waals surface area contributed by atoms with Crippen molar-refractivity contribution in [3.05, 3.63) is 60.2 Å². The van der Waals surface area contributed by atoms with E-state index in [4.69, 9.17) is 4.74 Å². The summed E-state index contributed by atoms with van der Waals surface area (Å²) in [5.41, 5.74) is 0.843. The van der Waals surface area contributed by atoms with Gasteiger partial charge < -0.3 is 10.1 Å². The van der Waals surface area contributed by atoms with Crippen LogP contribution < -0.4 is 10.1 Å². The Hall–Kier alpha value is -1.90. The van der Waals surface area contributed by atoms with Crippen LogP contribution in [-0.4, -0.2) is 46.7 Å². The number of nitrogens with one attached hydrogen (secondary N) is 1. The molecule has 1 aliphatic heterocycles. The second-order valence-corrected chi connectivity index (χ2v) is 10.6. The molecule has 26 heavy (non-hydrogen) atoms. The molecule has 8 heteroatoms. The maximum absolute atomic E-state index is 12.9. The summed E-state index contributed by atoms with van der Waals surface area (Å²) in [6, 6.07) is 14.7. The fourth-order valence-electron chi connectivity index (χ4n) is 3.19. The highest BCUT2D eigenvalue weighted by molar-refractivity contribution is 7.96. The van der Waals surface area contributed by atoms with Crippen molar-refractivity contribution in [2.24, 2.45) is 0 Å². The molecule has 0 unspecified atom stereocenters. The third-order valence-electron chi connectivity index (χ3n) is 4.52. The van der Waals surface area contributed by atoms with Gasteiger partial charge in [0.1, 0.15) is 5.75 Å². The van der Waals surface area contributed by atoms with Crippen molar-refractivity contribution in [1.82, 2.24) is 5.32 Å². The van der Waals surface area contributed by atoms with E-state index in [2.05, 4.69) is 5.32 Å². The van der Waals surface area contributed by atoms with E-state index in [-0.39, 0.29) is 16.4 Å². The molecule has 1 aliphatic rings. The first-order chi connectivity index (χ1) is 12.3. The maximum atomic E-state index is 12.9. The van der Waals surface area contributed by atoms with E-state index in [9.17, 15) is 16.8 Å². The quantitative estimate of drug-likeness (QED) is 0.796. The van der Waals surface area contributed by atoms with E-state index < -0.39 is 31.0 Å². The minimum absolute atomic E-state index is 0.145. The van der Waals surface area contributed by atoms with Crippen molar-refractivity contribution in [1.29, 1.82) is 0 Å². The van der Waals surface area contributed by atoms with Crippen LogP contribution in [0.15, 0.2) is 59.5 Å². The van der Waals surface area contributed by atoms with Gasteiger partial charge in [-0.2, -0.15) is 0 Å². The number of sulfone groups is 2. The van der Waals surface area contributed by atoms with Crippen LogP contribution in [0.25, 0.3) is 0 Å². The number of hydrogen-bond donors (Lipinski definition) is 1. The van der Waals surface area contributed by atoms with Gasteiger partial charge in [0.25, 0.3) is 0 Å². The van der Waals surface area contributed by atoms with Gasteiger partial charge in [0.05, 0.1) is 28.8 Å². The Balaban J connectivity index is 1.85. The lowest BCUT2D eigenvalue weighted by Crippen LogP contribution is -2.43. The molecule has 0 spiro atoms. The summed E-state index contributed by atoms with van der Waals surface area (Å²) in [4.78, 5) is 0.145. The van der Waals surface area contributed by atoms with E-state index >= 15 is 0 Å². The number of methoxy groups -OCH3 is 1.